The van der Waals surface area contributed by atoms with Gasteiger partial charge in [0.25, 0.3) is 0 Å². The van der Waals surface area contributed by atoms with E-state index in [4.69, 9.17) is 5.73 Å². The highest BCUT2D eigenvalue weighted by Gasteiger charge is 2.28. The quantitative estimate of drug-likeness (QED) is 0.431. The standard InChI is InChI=1S/C15H13F4N5O4/c16-8-6-21-9(3-4-15(17,18)19)12(20)13(8)22-11(25)7-23-5-1-2-10(14(23)26)24(27)28/h1-2,5-6H,3-4,7,20H2,(H,21,22,25). The molecule has 0 aromatic carbocycles. The van der Waals surface area contributed by atoms with Gasteiger partial charge in [0.2, 0.25) is 5.91 Å². The Balaban J connectivity index is 2.21. The molecule has 2 rings (SSSR count). The fourth-order valence-electron chi connectivity index (χ4n) is 2.25. The predicted octanol–water partition coefficient (Wildman–Crippen LogP) is 2.01. The van der Waals surface area contributed by atoms with Gasteiger partial charge in [-0.05, 0) is 6.07 Å². The van der Waals surface area contributed by atoms with Gasteiger partial charge in [0.15, 0.2) is 5.82 Å². The van der Waals surface area contributed by atoms with Crippen LogP contribution in [0.25, 0.3) is 0 Å². The molecule has 0 atom stereocenters. The van der Waals surface area contributed by atoms with Crippen LogP contribution in [0.4, 0.5) is 34.6 Å². The Hall–Kier alpha value is -3.51. The van der Waals surface area contributed by atoms with Gasteiger partial charge in [-0.15, -0.1) is 0 Å². The van der Waals surface area contributed by atoms with Crippen LogP contribution in [-0.2, 0) is 17.8 Å². The molecule has 150 valence electrons. The zero-order valence-corrected chi connectivity index (χ0v) is 14.0. The molecule has 0 aliphatic heterocycles. The zero-order valence-electron chi connectivity index (χ0n) is 14.0. The Bertz CT molecular complexity index is 974. The van der Waals surface area contributed by atoms with E-state index in [2.05, 4.69) is 10.3 Å². The zero-order chi connectivity index (χ0) is 21.1. The second-order valence-corrected chi connectivity index (χ2v) is 5.59. The van der Waals surface area contributed by atoms with Crippen molar-refractivity contribution in [2.24, 2.45) is 0 Å². The number of nitro groups is 1. The summed E-state index contributed by atoms with van der Waals surface area (Å²) in [4.78, 5) is 37.3. The van der Waals surface area contributed by atoms with Crippen LogP contribution in [0.15, 0.2) is 29.3 Å². The summed E-state index contributed by atoms with van der Waals surface area (Å²) in [5.74, 6) is -2.06. The lowest BCUT2D eigenvalue weighted by Gasteiger charge is -2.13. The molecule has 2 aromatic heterocycles. The number of nitrogens with one attached hydrogen (secondary N) is 1. The van der Waals surface area contributed by atoms with Gasteiger partial charge in [-0.1, -0.05) is 0 Å². The average molecular weight is 403 g/mol. The molecule has 0 radical (unpaired) electrons. The lowest BCUT2D eigenvalue weighted by atomic mass is 10.1. The number of hydrogen-bond acceptors (Lipinski definition) is 6. The molecule has 0 saturated carbocycles. The number of nitrogens with zero attached hydrogens (tertiary/aromatic N) is 3. The molecular weight excluding hydrogens is 390 g/mol. The third-order valence-corrected chi connectivity index (χ3v) is 3.57. The fraction of sp³-hybridized carbons (Fsp3) is 0.267. The maximum absolute atomic E-state index is 13.9. The van der Waals surface area contributed by atoms with Gasteiger partial charge in [-0.3, -0.25) is 24.7 Å². The third kappa shape index (κ3) is 5.02. The second-order valence-electron chi connectivity index (χ2n) is 5.59. The van der Waals surface area contributed by atoms with E-state index < -0.39 is 64.8 Å². The molecule has 0 aliphatic carbocycles. The molecular formula is C15H13F4N5O4. The van der Waals surface area contributed by atoms with E-state index in [1.165, 1.54) is 6.07 Å². The number of rotatable bonds is 6. The number of carbonyl (C=O) groups excluding carboxylic acids is 1. The van der Waals surface area contributed by atoms with E-state index in [1.807, 2.05) is 0 Å². The Labute approximate surface area is 153 Å². The summed E-state index contributed by atoms with van der Waals surface area (Å²) >= 11 is 0. The minimum absolute atomic E-state index is 0.262. The highest BCUT2D eigenvalue weighted by molar-refractivity contribution is 5.94. The van der Waals surface area contributed by atoms with Crippen molar-refractivity contribution in [1.82, 2.24) is 9.55 Å². The summed E-state index contributed by atoms with van der Waals surface area (Å²) in [5, 5.41) is 12.8. The number of aromatic nitrogens is 2. The molecule has 0 saturated heterocycles. The average Bonchev–Trinajstić information content (AvgIpc) is 2.58. The van der Waals surface area contributed by atoms with Crippen LogP contribution in [0.2, 0.25) is 0 Å². The van der Waals surface area contributed by atoms with Crippen molar-refractivity contribution in [2.45, 2.75) is 25.6 Å². The molecule has 13 heteroatoms. The van der Waals surface area contributed by atoms with Crippen molar-refractivity contribution in [3.8, 4) is 0 Å². The van der Waals surface area contributed by atoms with Gasteiger partial charge in [-0.2, -0.15) is 13.2 Å². The minimum atomic E-state index is -4.48. The van der Waals surface area contributed by atoms with Crippen molar-refractivity contribution < 1.29 is 27.3 Å². The topological polar surface area (TPSA) is 133 Å². The fourth-order valence-corrected chi connectivity index (χ4v) is 2.25. The number of pyridine rings is 2. The number of nitrogen functional groups attached to an aromatic ring is 1. The van der Waals surface area contributed by atoms with Crippen LogP contribution in [0.1, 0.15) is 12.1 Å². The smallest absolute Gasteiger partial charge is 0.389 e. The SMILES string of the molecule is Nc1c(CCC(F)(F)F)ncc(F)c1NC(=O)Cn1cccc([N+](=O)[O-])c1=O. The lowest BCUT2D eigenvalue weighted by Crippen LogP contribution is -2.29. The molecule has 0 fully saturated rings. The molecule has 2 aromatic rings. The summed E-state index contributed by atoms with van der Waals surface area (Å²) in [6.45, 7) is -0.709. The van der Waals surface area contributed by atoms with E-state index in [9.17, 15) is 37.3 Å². The maximum Gasteiger partial charge on any atom is 0.389 e. The molecule has 1 amide bonds. The maximum atomic E-state index is 13.9. The number of amides is 1. The van der Waals surface area contributed by atoms with Crippen LogP contribution in [-0.4, -0.2) is 26.6 Å². The highest BCUT2D eigenvalue weighted by atomic mass is 19.4. The van der Waals surface area contributed by atoms with Gasteiger partial charge < -0.3 is 15.6 Å². The Morgan fingerprint density at radius 3 is 2.68 bits per heavy atom. The molecule has 9 nitrogen and oxygen atoms in total. The minimum Gasteiger partial charge on any atom is -0.395 e. The molecule has 3 N–H and O–H groups in total. The molecule has 0 aliphatic rings. The molecule has 0 spiro atoms. The Morgan fingerprint density at radius 1 is 1.39 bits per heavy atom. The lowest BCUT2D eigenvalue weighted by molar-refractivity contribution is -0.386. The molecule has 0 bridgehead atoms. The third-order valence-electron chi connectivity index (χ3n) is 3.57. The van der Waals surface area contributed by atoms with E-state index >= 15 is 0 Å². The van der Waals surface area contributed by atoms with Crippen LogP contribution in [0, 0.1) is 15.9 Å². The van der Waals surface area contributed by atoms with Crippen LogP contribution in [0.3, 0.4) is 0 Å². The van der Waals surface area contributed by atoms with Crippen LogP contribution < -0.4 is 16.6 Å². The van der Waals surface area contributed by atoms with Crippen molar-refractivity contribution >= 4 is 23.0 Å². The normalized spacial score (nSPS) is 11.3. The summed E-state index contributed by atoms with van der Waals surface area (Å²) in [5.41, 5.74) is 2.45. The summed E-state index contributed by atoms with van der Waals surface area (Å²) in [6, 6.07) is 2.12. The van der Waals surface area contributed by atoms with Gasteiger partial charge in [0.1, 0.15) is 12.2 Å². The van der Waals surface area contributed by atoms with Gasteiger partial charge >= 0.3 is 17.4 Å². The van der Waals surface area contributed by atoms with Crippen LogP contribution in [0.5, 0.6) is 0 Å². The van der Waals surface area contributed by atoms with E-state index in [0.717, 1.165) is 12.3 Å². The second kappa shape index (κ2) is 8.02. The molecule has 0 unspecified atom stereocenters. The number of nitrogens with two attached hydrogens (primary N) is 1. The van der Waals surface area contributed by atoms with Gasteiger partial charge in [0.05, 0.1) is 22.5 Å². The number of hydrogen-bond donors (Lipinski definition) is 2. The number of alkyl halides is 3. The van der Waals surface area contributed by atoms with Crippen molar-refractivity contribution in [3.63, 3.8) is 0 Å². The number of halogens is 4. The van der Waals surface area contributed by atoms with Crippen LogP contribution >= 0.6 is 0 Å². The Kier molecular flexibility index (Phi) is 5.96. The summed E-state index contributed by atoms with van der Waals surface area (Å²) < 4.78 is 51.7. The number of anilines is 2. The molecule has 2 heterocycles. The first-order valence-corrected chi connectivity index (χ1v) is 7.63. The van der Waals surface area contributed by atoms with Crippen molar-refractivity contribution in [1.29, 1.82) is 0 Å². The number of aryl methyl sites for hydroxylation is 1. The monoisotopic (exact) mass is 403 g/mol. The first kappa shape index (κ1) is 20.8. The first-order valence-electron chi connectivity index (χ1n) is 7.63. The van der Waals surface area contributed by atoms with Gasteiger partial charge in [0, 0.05) is 25.1 Å². The van der Waals surface area contributed by atoms with Gasteiger partial charge in [-0.25, -0.2) is 4.39 Å². The largest absolute Gasteiger partial charge is 0.395 e. The summed E-state index contributed by atoms with van der Waals surface area (Å²) in [7, 11) is 0. The first-order chi connectivity index (χ1) is 13.0. The van der Waals surface area contributed by atoms with Crippen molar-refractivity contribution in [2.75, 3.05) is 11.1 Å². The van der Waals surface area contributed by atoms with E-state index in [-0.39, 0.29) is 5.69 Å². The predicted molar refractivity (Wildman–Crippen MR) is 89.0 cm³/mol. The highest BCUT2D eigenvalue weighted by Crippen LogP contribution is 2.28. The Morgan fingerprint density at radius 2 is 2.07 bits per heavy atom. The van der Waals surface area contributed by atoms with E-state index in [0.29, 0.717) is 10.8 Å². The van der Waals surface area contributed by atoms with Crippen molar-refractivity contribution in [3.05, 3.63) is 56.5 Å². The van der Waals surface area contributed by atoms with E-state index in [1.54, 1.807) is 0 Å². The summed E-state index contributed by atoms with van der Waals surface area (Å²) in [6.07, 6.45) is -4.63. The molecule has 28 heavy (non-hydrogen) atoms. The number of carbonyl (C=O) groups is 1.